The molecule has 120 valence electrons. The molecule has 0 radical (unpaired) electrons. The van der Waals surface area contributed by atoms with Crippen molar-refractivity contribution < 1.29 is 13.2 Å². The van der Waals surface area contributed by atoms with Crippen molar-refractivity contribution in [3.63, 3.8) is 0 Å². The van der Waals surface area contributed by atoms with Crippen LogP contribution in [0.1, 0.15) is 24.8 Å². The van der Waals surface area contributed by atoms with Gasteiger partial charge in [-0.15, -0.1) is 0 Å². The molecule has 0 aromatic carbocycles. The average molecular weight is 312 g/mol. The predicted molar refractivity (Wildman–Crippen MR) is 78.2 cm³/mol. The molecular formula is C15H19F3N4. The Morgan fingerprint density at radius 2 is 1.91 bits per heavy atom. The molecule has 0 amide bonds. The minimum Gasteiger partial charge on any atom is -0.365 e. The lowest BCUT2D eigenvalue weighted by Gasteiger charge is -2.36. The highest BCUT2D eigenvalue weighted by molar-refractivity contribution is 5.70. The van der Waals surface area contributed by atoms with Crippen LogP contribution in [0.3, 0.4) is 0 Å². The lowest BCUT2D eigenvalue weighted by molar-refractivity contribution is -0.137. The van der Waals surface area contributed by atoms with Crippen LogP contribution in [0.4, 0.5) is 24.7 Å². The second-order valence-electron chi connectivity index (χ2n) is 6.33. The van der Waals surface area contributed by atoms with Crippen LogP contribution in [0.25, 0.3) is 0 Å². The van der Waals surface area contributed by atoms with Gasteiger partial charge in [-0.3, -0.25) is 0 Å². The summed E-state index contributed by atoms with van der Waals surface area (Å²) in [5.74, 6) is 0.726. The minimum absolute atomic E-state index is 0.320. The average Bonchev–Trinajstić information content (AvgIpc) is 3.31. The van der Waals surface area contributed by atoms with Crippen LogP contribution < -0.4 is 15.1 Å². The van der Waals surface area contributed by atoms with Crippen LogP contribution >= 0.6 is 0 Å². The molecule has 22 heavy (non-hydrogen) atoms. The maximum Gasteiger partial charge on any atom is 0.417 e. The Bertz CT molecular complexity index is 570. The quantitative estimate of drug-likeness (QED) is 0.862. The van der Waals surface area contributed by atoms with Crippen molar-refractivity contribution in [3.05, 3.63) is 17.8 Å². The Hall–Kier alpha value is -1.50. The largest absolute Gasteiger partial charge is 0.417 e. The van der Waals surface area contributed by atoms with Crippen molar-refractivity contribution in [2.24, 2.45) is 0 Å². The standard InChI is InChI=1S/C15H19F3N4/c16-15(17,18)10-7-13-14(20-8-10)22-6-4-19-9-12(22)3-5-21(13)11-1-2-11/h7-8,11-12,19H,1-6,9H2/t12-/m0/s1. The zero-order valence-electron chi connectivity index (χ0n) is 12.2. The third-order valence-electron chi connectivity index (χ3n) is 4.80. The molecule has 0 spiro atoms. The molecule has 1 saturated heterocycles. The molecule has 3 heterocycles. The van der Waals surface area contributed by atoms with Gasteiger partial charge in [0.1, 0.15) is 0 Å². The number of anilines is 2. The van der Waals surface area contributed by atoms with Gasteiger partial charge >= 0.3 is 6.18 Å². The number of hydrogen-bond acceptors (Lipinski definition) is 4. The summed E-state index contributed by atoms with van der Waals surface area (Å²) in [5, 5.41) is 3.37. The number of halogens is 3. The molecule has 1 N–H and O–H groups in total. The normalized spacial score (nSPS) is 25.5. The summed E-state index contributed by atoms with van der Waals surface area (Å²) in [7, 11) is 0. The van der Waals surface area contributed by atoms with Crippen molar-refractivity contribution in [2.75, 3.05) is 36.0 Å². The number of piperazine rings is 1. The van der Waals surface area contributed by atoms with Gasteiger partial charge in [-0.1, -0.05) is 0 Å². The van der Waals surface area contributed by atoms with Crippen LogP contribution in [0.5, 0.6) is 0 Å². The van der Waals surface area contributed by atoms with Gasteiger partial charge in [-0.2, -0.15) is 13.2 Å². The van der Waals surface area contributed by atoms with E-state index in [9.17, 15) is 13.2 Å². The molecule has 7 heteroatoms. The third kappa shape index (κ3) is 2.41. The maximum atomic E-state index is 13.1. The van der Waals surface area contributed by atoms with Crippen molar-refractivity contribution in [1.29, 1.82) is 0 Å². The van der Waals surface area contributed by atoms with E-state index in [1.54, 1.807) is 0 Å². The highest BCUT2D eigenvalue weighted by Crippen LogP contribution is 2.42. The number of alkyl halides is 3. The van der Waals surface area contributed by atoms with Gasteiger partial charge in [0.25, 0.3) is 0 Å². The molecule has 1 aromatic rings. The van der Waals surface area contributed by atoms with E-state index in [2.05, 4.69) is 20.1 Å². The maximum absolute atomic E-state index is 13.1. The molecule has 1 aliphatic carbocycles. The fourth-order valence-corrected chi connectivity index (χ4v) is 3.51. The van der Waals surface area contributed by atoms with Gasteiger partial charge < -0.3 is 15.1 Å². The highest BCUT2D eigenvalue weighted by Gasteiger charge is 2.39. The Balaban J connectivity index is 1.79. The second kappa shape index (κ2) is 5.01. The molecule has 4 nitrogen and oxygen atoms in total. The number of pyridine rings is 1. The molecule has 0 unspecified atom stereocenters. The van der Waals surface area contributed by atoms with E-state index in [4.69, 9.17) is 0 Å². The first kappa shape index (κ1) is 14.1. The van der Waals surface area contributed by atoms with E-state index in [1.807, 2.05) is 0 Å². The molecule has 1 saturated carbocycles. The molecule has 1 aromatic heterocycles. The summed E-state index contributed by atoms with van der Waals surface area (Å²) in [5.41, 5.74) is 0.0206. The second-order valence-corrected chi connectivity index (χ2v) is 6.33. The minimum atomic E-state index is -4.34. The van der Waals surface area contributed by atoms with Crippen LogP contribution in [-0.4, -0.2) is 43.2 Å². The first-order valence-electron chi connectivity index (χ1n) is 7.85. The number of nitrogens with one attached hydrogen (secondary N) is 1. The topological polar surface area (TPSA) is 31.4 Å². The van der Waals surface area contributed by atoms with Crippen molar-refractivity contribution in [2.45, 2.75) is 37.5 Å². The van der Waals surface area contributed by atoms with E-state index >= 15 is 0 Å². The van der Waals surface area contributed by atoms with Crippen LogP contribution in [0.15, 0.2) is 12.3 Å². The van der Waals surface area contributed by atoms with E-state index < -0.39 is 11.7 Å². The zero-order chi connectivity index (χ0) is 15.3. The van der Waals surface area contributed by atoms with E-state index in [-0.39, 0.29) is 0 Å². The summed E-state index contributed by atoms with van der Waals surface area (Å²) < 4.78 is 39.2. The van der Waals surface area contributed by atoms with Gasteiger partial charge in [0.05, 0.1) is 11.3 Å². The van der Waals surface area contributed by atoms with Gasteiger partial charge in [-0.25, -0.2) is 4.98 Å². The Morgan fingerprint density at radius 1 is 1.09 bits per heavy atom. The summed E-state index contributed by atoms with van der Waals surface area (Å²) in [6.45, 7) is 3.33. The molecule has 1 atom stereocenters. The number of hydrogen-bond donors (Lipinski definition) is 1. The summed E-state index contributed by atoms with van der Waals surface area (Å²) >= 11 is 0. The van der Waals surface area contributed by atoms with Gasteiger partial charge in [0, 0.05) is 44.5 Å². The van der Waals surface area contributed by atoms with Gasteiger partial charge in [0.15, 0.2) is 5.82 Å². The van der Waals surface area contributed by atoms with Crippen molar-refractivity contribution >= 4 is 11.5 Å². The third-order valence-corrected chi connectivity index (χ3v) is 4.80. The van der Waals surface area contributed by atoms with E-state index in [1.165, 1.54) is 6.07 Å². The monoisotopic (exact) mass is 312 g/mol. The predicted octanol–water partition coefficient (Wildman–Crippen LogP) is 2.25. The number of rotatable bonds is 1. The zero-order valence-corrected chi connectivity index (χ0v) is 12.2. The number of aromatic nitrogens is 1. The molecule has 4 rings (SSSR count). The molecule has 2 aliphatic heterocycles. The summed E-state index contributed by atoms with van der Waals surface area (Å²) in [6, 6.07) is 2.00. The lowest BCUT2D eigenvalue weighted by Crippen LogP contribution is -2.51. The SMILES string of the molecule is FC(F)(F)c1cnc2c(c1)N(C1CC1)CC[C@H]1CNCCN21. The first-order valence-corrected chi connectivity index (χ1v) is 7.85. The highest BCUT2D eigenvalue weighted by atomic mass is 19.4. The van der Waals surface area contributed by atoms with E-state index in [0.717, 1.165) is 57.5 Å². The van der Waals surface area contributed by atoms with Gasteiger partial charge in [-0.05, 0) is 25.3 Å². The Morgan fingerprint density at radius 3 is 2.64 bits per heavy atom. The van der Waals surface area contributed by atoms with Crippen LogP contribution in [0, 0.1) is 0 Å². The molecular weight excluding hydrogens is 293 g/mol. The summed E-state index contributed by atoms with van der Waals surface area (Å²) in [6.07, 6.45) is -0.265. The van der Waals surface area contributed by atoms with Crippen LogP contribution in [-0.2, 0) is 6.18 Å². The molecule has 2 fully saturated rings. The molecule has 3 aliphatic rings. The van der Waals surface area contributed by atoms with Gasteiger partial charge in [0.2, 0.25) is 0 Å². The first-order chi connectivity index (χ1) is 10.5. The Labute approximate surface area is 127 Å². The molecule has 0 bridgehead atoms. The fraction of sp³-hybridized carbons (Fsp3) is 0.667. The van der Waals surface area contributed by atoms with Crippen molar-refractivity contribution in [3.8, 4) is 0 Å². The van der Waals surface area contributed by atoms with E-state index in [0.29, 0.717) is 17.8 Å². The van der Waals surface area contributed by atoms with Crippen molar-refractivity contribution in [1.82, 2.24) is 10.3 Å². The Kier molecular flexibility index (Phi) is 3.21. The smallest absolute Gasteiger partial charge is 0.365 e. The fourth-order valence-electron chi connectivity index (χ4n) is 3.51. The summed E-state index contributed by atoms with van der Waals surface area (Å²) in [4.78, 5) is 8.56. The number of fused-ring (bicyclic) bond motifs is 3. The number of nitrogens with zero attached hydrogens (tertiary/aromatic N) is 3. The lowest BCUT2D eigenvalue weighted by atomic mass is 10.1. The van der Waals surface area contributed by atoms with Crippen LogP contribution in [0.2, 0.25) is 0 Å².